The molecular weight excluding hydrogens is 260 g/mol. The van der Waals surface area contributed by atoms with Crippen LogP contribution in [-0.4, -0.2) is 40.1 Å². The normalized spacial score (nSPS) is 11.2. The average molecular weight is 276 g/mol. The molecule has 0 aliphatic rings. The summed E-state index contributed by atoms with van der Waals surface area (Å²) in [5.41, 5.74) is 0.579. The lowest BCUT2D eigenvalue weighted by atomic mass is 10.2. The van der Waals surface area contributed by atoms with Crippen LogP contribution < -0.4 is 5.32 Å². The third kappa shape index (κ3) is 4.24. The number of carboxylic acids is 1. The Morgan fingerprint density at radius 2 is 2.30 bits per heavy atom. The van der Waals surface area contributed by atoms with Crippen molar-refractivity contribution in [2.75, 3.05) is 7.05 Å². The highest BCUT2D eigenvalue weighted by molar-refractivity contribution is 5.87. The number of carboxylic acid groups (broad SMARTS) is 1. The average Bonchev–Trinajstić information content (AvgIpc) is 2.44. The van der Waals surface area contributed by atoms with Crippen molar-refractivity contribution in [1.29, 1.82) is 5.26 Å². The molecule has 1 heterocycles. The van der Waals surface area contributed by atoms with E-state index in [0.717, 1.165) is 0 Å². The summed E-state index contributed by atoms with van der Waals surface area (Å²) < 4.78 is 0. The van der Waals surface area contributed by atoms with E-state index in [9.17, 15) is 9.59 Å². The summed E-state index contributed by atoms with van der Waals surface area (Å²) in [6.07, 6.45) is 1.63. The fourth-order valence-electron chi connectivity index (χ4n) is 1.47. The smallest absolute Gasteiger partial charge is 0.335 e. The molecule has 0 bridgehead atoms. The van der Waals surface area contributed by atoms with Gasteiger partial charge in [-0.15, -0.1) is 0 Å². The van der Waals surface area contributed by atoms with E-state index in [1.165, 1.54) is 23.2 Å². The topological polar surface area (TPSA) is 106 Å². The van der Waals surface area contributed by atoms with Gasteiger partial charge in [0.25, 0.3) is 0 Å². The molecule has 0 aliphatic heterocycles. The van der Waals surface area contributed by atoms with Gasteiger partial charge in [0.2, 0.25) is 0 Å². The zero-order valence-corrected chi connectivity index (χ0v) is 11.3. The molecule has 0 fully saturated rings. The monoisotopic (exact) mass is 276 g/mol. The molecule has 0 saturated carbocycles. The Morgan fingerprint density at radius 3 is 2.90 bits per heavy atom. The number of hydrogen-bond donors (Lipinski definition) is 2. The van der Waals surface area contributed by atoms with Crippen molar-refractivity contribution in [1.82, 2.24) is 15.2 Å². The van der Waals surface area contributed by atoms with Gasteiger partial charge in [-0.2, -0.15) is 5.26 Å². The Hall–Kier alpha value is -2.62. The van der Waals surface area contributed by atoms with Crippen LogP contribution in [0.25, 0.3) is 0 Å². The zero-order chi connectivity index (χ0) is 15.1. The fourth-order valence-corrected chi connectivity index (χ4v) is 1.47. The quantitative estimate of drug-likeness (QED) is 0.841. The van der Waals surface area contributed by atoms with Gasteiger partial charge in [0, 0.05) is 19.3 Å². The molecule has 0 aliphatic carbocycles. The van der Waals surface area contributed by atoms with Gasteiger partial charge in [0.15, 0.2) is 0 Å². The van der Waals surface area contributed by atoms with Crippen molar-refractivity contribution in [2.24, 2.45) is 0 Å². The second-order valence-electron chi connectivity index (χ2n) is 4.32. The van der Waals surface area contributed by atoms with E-state index in [2.05, 4.69) is 10.3 Å². The number of carbonyl (C=O) groups is 2. The molecule has 2 N–H and O–H groups in total. The molecule has 106 valence electrons. The second kappa shape index (κ2) is 7.09. The molecule has 0 aromatic carbocycles. The van der Waals surface area contributed by atoms with E-state index in [0.29, 0.717) is 5.69 Å². The first-order chi connectivity index (χ1) is 9.45. The molecule has 1 rings (SSSR count). The van der Waals surface area contributed by atoms with E-state index in [4.69, 9.17) is 10.4 Å². The summed E-state index contributed by atoms with van der Waals surface area (Å²) in [4.78, 5) is 28.0. The van der Waals surface area contributed by atoms with E-state index in [-0.39, 0.29) is 30.6 Å². The maximum absolute atomic E-state index is 11.8. The first kappa shape index (κ1) is 15.4. The minimum atomic E-state index is -1.04. The standard InChI is InChI=1S/C13H16N4O3/c1-9(3-5-14)17(2)13(20)16-8-11-7-10(12(18)19)4-6-15-11/h4,6-7,9H,3,8H2,1-2H3,(H,16,20)(H,18,19). The number of rotatable bonds is 5. The number of hydrogen-bond acceptors (Lipinski definition) is 4. The number of nitrogens with zero attached hydrogens (tertiary/aromatic N) is 3. The summed E-state index contributed by atoms with van der Waals surface area (Å²) in [7, 11) is 1.60. The first-order valence-corrected chi connectivity index (χ1v) is 6.01. The first-order valence-electron chi connectivity index (χ1n) is 6.01. The van der Waals surface area contributed by atoms with Gasteiger partial charge >= 0.3 is 12.0 Å². The number of aromatic nitrogens is 1. The molecule has 1 atom stereocenters. The number of amides is 2. The van der Waals surface area contributed by atoms with Gasteiger partial charge in [-0.3, -0.25) is 4.98 Å². The lowest BCUT2D eigenvalue weighted by molar-refractivity contribution is 0.0696. The minimum absolute atomic E-state index is 0.121. The number of nitrogens with one attached hydrogen (secondary N) is 1. The van der Waals surface area contributed by atoms with Gasteiger partial charge in [-0.1, -0.05) is 0 Å². The van der Waals surface area contributed by atoms with Gasteiger partial charge in [-0.25, -0.2) is 9.59 Å². The summed E-state index contributed by atoms with van der Waals surface area (Å²) in [6, 6.07) is 4.25. The SMILES string of the molecule is CC(CC#N)N(C)C(=O)NCc1cc(C(=O)O)ccn1. The number of pyridine rings is 1. The Morgan fingerprint density at radius 1 is 1.60 bits per heavy atom. The number of nitriles is 1. The van der Waals surface area contributed by atoms with Crippen molar-refractivity contribution in [3.05, 3.63) is 29.6 Å². The molecule has 20 heavy (non-hydrogen) atoms. The molecule has 0 radical (unpaired) electrons. The van der Waals surface area contributed by atoms with Crippen LogP contribution in [0.4, 0.5) is 4.79 Å². The summed E-state index contributed by atoms with van der Waals surface area (Å²) >= 11 is 0. The highest BCUT2D eigenvalue weighted by Gasteiger charge is 2.15. The Balaban J connectivity index is 2.59. The second-order valence-corrected chi connectivity index (χ2v) is 4.32. The van der Waals surface area contributed by atoms with E-state index in [1.807, 2.05) is 6.07 Å². The van der Waals surface area contributed by atoms with Crippen molar-refractivity contribution >= 4 is 12.0 Å². The van der Waals surface area contributed by atoms with Crippen LogP contribution in [0.15, 0.2) is 18.3 Å². The zero-order valence-electron chi connectivity index (χ0n) is 11.3. The Bertz CT molecular complexity index is 539. The van der Waals surface area contributed by atoms with Crippen LogP contribution >= 0.6 is 0 Å². The Labute approximate surface area is 116 Å². The predicted octanol–water partition coefficient (Wildman–Crippen LogP) is 1.22. The maximum atomic E-state index is 11.8. The molecule has 0 spiro atoms. The molecule has 2 amide bonds. The maximum Gasteiger partial charge on any atom is 0.335 e. The number of aromatic carboxylic acids is 1. The van der Waals surface area contributed by atoms with Crippen molar-refractivity contribution in [3.8, 4) is 6.07 Å². The third-order valence-corrected chi connectivity index (χ3v) is 2.85. The minimum Gasteiger partial charge on any atom is -0.478 e. The van der Waals surface area contributed by atoms with Crippen molar-refractivity contribution in [3.63, 3.8) is 0 Å². The van der Waals surface area contributed by atoms with Crippen LogP contribution in [0, 0.1) is 11.3 Å². The molecule has 1 unspecified atom stereocenters. The van der Waals surface area contributed by atoms with E-state index in [1.54, 1.807) is 14.0 Å². The highest BCUT2D eigenvalue weighted by Crippen LogP contribution is 2.03. The molecular formula is C13H16N4O3. The highest BCUT2D eigenvalue weighted by atomic mass is 16.4. The molecule has 7 heteroatoms. The largest absolute Gasteiger partial charge is 0.478 e. The summed E-state index contributed by atoms with van der Waals surface area (Å²) in [5, 5.41) is 20.1. The molecule has 0 saturated heterocycles. The number of urea groups is 1. The molecule has 1 aromatic heterocycles. The number of carbonyl (C=O) groups excluding carboxylic acids is 1. The van der Waals surface area contributed by atoms with Crippen LogP contribution in [0.1, 0.15) is 29.4 Å². The molecule has 7 nitrogen and oxygen atoms in total. The van der Waals surface area contributed by atoms with Crippen LogP contribution in [-0.2, 0) is 6.54 Å². The molecule has 1 aromatic rings. The Kier molecular flexibility index (Phi) is 5.47. The van der Waals surface area contributed by atoms with Crippen molar-refractivity contribution < 1.29 is 14.7 Å². The van der Waals surface area contributed by atoms with Crippen LogP contribution in [0.2, 0.25) is 0 Å². The van der Waals surface area contributed by atoms with Gasteiger partial charge < -0.3 is 15.3 Å². The van der Waals surface area contributed by atoms with Gasteiger partial charge in [0.05, 0.1) is 30.3 Å². The van der Waals surface area contributed by atoms with E-state index < -0.39 is 5.97 Å². The lowest BCUT2D eigenvalue weighted by Gasteiger charge is -2.23. The van der Waals surface area contributed by atoms with E-state index >= 15 is 0 Å². The van der Waals surface area contributed by atoms with Crippen LogP contribution in [0.5, 0.6) is 0 Å². The van der Waals surface area contributed by atoms with Crippen LogP contribution in [0.3, 0.4) is 0 Å². The predicted molar refractivity (Wildman–Crippen MR) is 70.9 cm³/mol. The third-order valence-electron chi connectivity index (χ3n) is 2.85. The fraction of sp³-hybridized carbons (Fsp3) is 0.385. The van der Waals surface area contributed by atoms with Gasteiger partial charge in [0.1, 0.15) is 0 Å². The summed E-state index contributed by atoms with van der Waals surface area (Å²) in [5.74, 6) is -1.04. The summed E-state index contributed by atoms with van der Waals surface area (Å²) in [6.45, 7) is 1.90. The van der Waals surface area contributed by atoms with Gasteiger partial charge in [-0.05, 0) is 19.1 Å². The lowest BCUT2D eigenvalue weighted by Crippen LogP contribution is -2.42. The van der Waals surface area contributed by atoms with Crippen molar-refractivity contribution in [2.45, 2.75) is 25.9 Å².